The number of quaternary nitrogens is 1. The molecule has 0 radical (unpaired) electrons. The smallest absolute Gasteiger partial charge is 0.359 e. The molecule has 1 atom stereocenters. The number of aliphatic hydroxyl groups is 2. The van der Waals surface area contributed by atoms with Gasteiger partial charge in [-0.25, -0.2) is 4.79 Å². The summed E-state index contributed by atoms with van der Waals surface area (Å²) in [4.78, 5) is 32.2. The average Bonchev–Trinajstić information content (AvgIpc) is 2.63. The molecule has 0 saturated heterocycles. The first kappa shape index (κ1) is 32.5. The lowest BCUT2D eigenvalue weighted by molar-refractivity contribution is -0.872. The molecule has 4 N–H and O–H groups in total. The van der Waals surface area contributed by atoms with E-state index in [0.717, 1.165) is 13.0 Å². The number of likely N-dealkylation sites (N-methyl/N-ethyl adjacent to an activating group) is 1. The predicted molar refractivity (Wildman–Crippen MR) is 126 cm³/mol. The van der Waals surface area contributed by atoms with Crippen molar-refractivity contribution in [1.82, 2.24) is 9.80 Å². The fourth-order valence-electron chi connectivity index (χ4n) is 2.92. The van der Waals surface area contributed by atoms with Crippen LogP contribution in [0, 0.1) is 0 Å². The molecule has 0 rings (SSSR count). The number of carbonyl (C=O) groups is 1. The fraction of sp³-hybridized carbons (Fsp3) is 0.952. The van der Waals surface area contributed by atoms with Gasteiger partial charge in [-0.15, -0.1) is 0 Å². The molecule has 0 heterocycles. The molecule has 0 aromatic rings. The Kier molecular flexibility index (Phi) is 18.7. The summed E-state index contributed by atoms with van der Waals surface area (Å²) in [5.41, 5.74) is 0. The number of hydrogen-bond donors (Lipinski definition) is 4. The third kappa shape index (κ3) is 20.9. The number of hydrogen-bond acceptors (Lipinski definition) is 4. The summed E-state index contributed by atoms with van der Waals surface area (Å²) in [5, 5.41) is 17.9. The van der Waals surface area contributed by atoms with E-state index in [-0.39, 0.29) is 19.2 Å². The Labute approximate surface area is 189 Å². The summed E-state index contributed by atoms with van der Waals surface area (Å²) in [7, 11) is 4.44. The Morgan fingerprint density at radius 1 is 0.903 bits per heavy atom. The molecule has 0 saturated carbocycles. The maximum absolute atomic E-state index is 11.8. The van der Waals surface area contributed by atoms with Gasteiger partial charge in [0.05, 0.1) is 27.7 Å². The second-order valence-electron chi connectivity index (χ2n) is 9.26. The Balaban J connectivity index is 0. The van der Waals surface area contributed by atoms with E-state index in [1.54, 1.807) is 45.0 Å². The van der Waals surface area contributed by atoms with E-state index in [2.05, 4.69) is 6.92 Å². The Morgan fingerprint density at radius 3 is 1.68 bits per heavy atom. The van der Waals surface area contributed by atoms with Crippen LogP contribution in [0.15, 0.2) is 0 Å². The lowest BCUT2D eigenvalue weighted by Crippen LogP contribution is -2.41. The van der Waals surface area contributed by atoms with Crippen molar-refractivity contribution in [3.63, 3.8) is 0 Å². The fourth-order valence-corrected chi connectivity index (χ4v) is 3.62. The molecule has 0 aliphatic heterocycles. The van der Waals surface area contributed by atoms with E-state index in [1.165, 1.54) is 51.4 Å². The van der Waals surface area contributed by atoms with Gasteiger partial charge in [0.2, 0.25) is 5.85 Å². The van der Waals surface area contributed by atoms with Crippen molar-refractivity contribution >= 4 is 13.6 Å². The van der Waals surface area contributed by atoms with Gasteiger partial charge in [-0.3, -0.25) is 4.57 Å². The molecule has 0 fully saturated rings. The lowest BCUT2D eigenvalue weighted by Gasteiger charge is -2.26. The van der Waals surface area contributed by atoms with Gasteiger partial charge in [-0.05, 0) is 6.42 Å². The van der Waals surface area contributed by atoms with Crippen molar-refractivity contribution in [1.29, 1.82) is 0 Å². The Morgan fingerprint density at radius 2 is 1.35 bits per heavy atom. The first-order chi connectivity index (χ1) is 14.3. The molecule has 31 heavy (non-hydrogen) atoms. The van der Waals surface area contributed by atoms with Gasteiger partial charge in [0, 0.05) is 27.2 Å². The van der Waals surface area contributed by atoms with Gasteiger partial charge < -0.3 is 34.3 Å². The summed E-state index contributed by atoms with van der Waals surface area (Å²) in [6.45, 7) is 3.52. The van der Waals surface area contributed by atoms with E-state index in [4.69, 9.17) is 20.0 Å². The summed E-state index contributed by atoms with van der Waals surface area (Å²) >= 11 is 0. The van der Waals surface area contributed by atoms with Crippen molar-refractivity contribution in [2.24, 2.45) is 0 Å². The molecule has 0 spiro atoms. The van der Waals surface area contributed by atoms with Crippen LogP contribution in [0.2, 0.25) is 0 Å². The summed E-state index contributed by atoms with van der Waals surface area (Å²) < 4.78 is 10.8. The van der Waals surface area contributed by atoms with Gasteiger partial charge >= 0.3 is 13.6 Å². The van der Waals surface area contributed by atoms with Crippen molar-refractivity contribution in [3.8, 4) is 0 Å². The number of amides is 2. The van der Waals surface area contributed by atoms with E-state index in [0.29, 0.717) is 11.0 Å². The molecular weight excluding hydrogens is 421 g/mol. The second kappa shape index (κ2) is 17.8. The molecule has 0 bridgehead atoms. The SMILES string of the molecule is CCCCCCCCCCCN(CCO)C(=O)N(C)C.C[N+](C)(C)CC(O)P(=O)(O)O. The number of aliphatic hydroxyl groups excluding tert-OH is 2. The van der Waals surface area contributed by atoms with Crippen molar-refractivity contribution in [2.45, 2.75) is 70.6 Å². The highest BCUT2D eigenvalue weighted by Gasteiger charge is 2.31. The third-order valence-corrected chi connectivity index (χ3v) is 5.59. The zero-order chi connectivity index (χ0) is 24.5. The van der Waals surface area contributed by atoms with Crippen molar-refractivity contribution in [2.75, 3.05) is 61.5 Å². The maximum Gasteiger partial charge on any atom is 0.359 e. The molecule has 9 nitrogen and oxygen atoms in total. The molecule has 0 aromatic carbocycles. The zero-order valence-electron chi connectivity index (χ0n) is 20.7. The predicted octanol–water partition coefficient (Wildman–Crippen LogP) is 2.68. The highest BCUT2D eigenvalue weighted by atomic mass is 31.2. The first-order valence-electron chi connectivity index (χ1n) is 11.4. The lowest BCUT2D eigenvalue weighted by atomic mass is 10.1. The number of urea groups is 1. The van der Waals surface area contributed by atoms with Crippen LogP contribution in [-0.2, 0) is 4.57 Å². The quantitative estimate of drug-likeness (QED) is 0.166. The van der Waals surface area contributed by atoms with E-state index in [1.807, 2.05) is 0 Å². The zero-order valence-corrected chi connectivity index (χ0v) is 21.6. The monoisotopic (exact) mass is 470 g/mol. The van der Waals surface area contributed by atoms with E-state index < -0.39 is 13.4 Å². The van der Waals surface area contributed by atoms with Crippen molar-refractivity contribution in [3.05, 3.63) is 0 Å². The second-order valence-corrected chi connectivity index (χ2v) is 11.0. The molecular formula is C21H49N3O6P+. The summed E-state index contributed by atoms with van der Waals surface area (Å²) in [5.74, 6) is -1.55. The summed E-state index contributed by atoms with van der Waals surface area (Å²) in [6.07, 6.45) is 11.5. The molecule has 2 amide bonds. The molecule has 188 valence electrons. The number of unbranched alkanes of at least 4 members (excludes halogenated alkanes) is 8. The normalized spacial score (nSPS) is 12.7. The minimum Gasteiger partial charge on any atom is -0.395 e. The third-order valence-electron chi connectivity index (χ3n) is 4.65. The maximum atomic E-state index is 11.8. The highest BCUT2D eigenvalue weighted by Crippen LogP contribution is 2.39. The van der Waals surface area contributed by atoms with Gasteiger partial charge in [0.15, 0.2) is 0 Å². The van der Waals surface area contributed by atoms with Crippen LogP contribution < -0.4 is 0 Å². The van der Waals surface area contributed by atoms with Gasteiger partial charge in [-0.2, -0.15) is 0 Å². The highest BCUT2D eigenvalue weighted by molar-refractivity contribution is 7.52. The topological polar surface area (TPSA) is 122 Å². The molecule has 1 unspecified atom stereocenters. The Hall–Kier alpha value is -0.700. The van der Waals surface area contributed by atoms with Crippen LogP contribution in [-0.4, -0.2) is 108 Å². The van der Waals surface area contributed by atoms with Crippen LogP contribution in [0.25, 0.3) is 0 Å². The van der Waals surface area contributed by atoms with Crippen LogP contribution >= 0.6 is 7.60 Å². The van der Waals surface area contributed by atoms with E-state index >= 15 is 0 Å². The minimum absolute atomic E-state index is 0.00128. The molecule has 0 aliphatic rings. The van der Waals surface area contributed by atoms with Gasteiger partial charge in [0.1, 0.15) is 6.54 Å². The summed E-state index contributed by atoms with van der Waals surface area (Å²) in [6, 6.07) is -0.00128. The van der Waals surface area contributed by atoms with Crippen LogP contribution in [0.5, 0.6) is 0 Å². The van der Waals surface area contributed by atoms with Crippen LogP contribution in [0.4, 0.5) is 4.79 Å². The van der Waals surface area contributed by atoms with E-state index in [9.17, 15) is 9.36 Å². The van der Waals surface area contributed by atoms with Crippen molar-refractivity contribution < 1.29 is 33.8 Å². The number of rotatable bonds is 15. The first-order valence-corrected chi connectivity index (χ1v) is 13.0. The Bertz CT molecular complexity index is 494. The minimum atomic E-state index is -4.31. The van der Waals surface area contributed by atoms with Crippen LogP contribution in [0.1, 0.15) is 64.7 Å². The average molecular weight is 471 g/mol. The standard InChI is InChI=1S/C16H34N2O2.C5H14NO4P/c1-4-5-6-7-8-9-10-11-12-13-18(14-15-19)16(20)17(2)3;1-6(2,3)4-5(7)11(8,9)10/h19H,4-15H2,1-3H3;5,7H,4H2,1-3H3,(H-,8,9,10)/p+1. The van der Waals surface area contributed by atoms with Gasteiger partial charge in [0.25, 0.3) is 0 Å². The van der Waals surface area contributed by atoms with Gasteiger partial charge in [-0.1, -0.05) is 58.3 Å². The molecule has 10 heteroatoms. The molecule has 0 aliphatic carbocycles. The largest absolute Gasteiger partial charge is 0.395 e. The van der Waals surface area contributed by atoms with Crippen LogP contribution in [0.3, 0.4) is 0 Å². The number of nitrogens with zero attached hydrogens (tertiary/aromatic N) is 3. The number of carbonyl (C=O) groups excluding carboxylic acids is 1. The molecule has 0 aromatic heterocycles.